The van der Waals surface area contributed by atoms with Crippen molar-refractivity contribution >= 4 is 24.0 Å². The monoisotopic (exact) mass is 285 g/mol. The van der Waals surface area contributed by atoms with Crippen LogP contribution in [0.4, 0.5) is 8.78 Å². The highest BCUT2D eigenvalue weighted by Crippen LogP contribution is 2.31. The number of aryl methyl sites for hydroxylation is 1. The third kappa shape index (κ3) is 4.66. The van der Waals surface area contributed by atoms with Crippen LogP contribution in [0.1, 0.15) is 24.1 Å². The lowest BCUT2D eigenvalue weighted by atomic mass is 10.1. The normalized spacial score (nSPS) is 12.2. The molecule has 0 heterocycles. The van der Waals surface area contributed by atoms with Gasteiger partial charge >= 0.3 is 0 Å². The maximum atomic E-state index is 12.0. The van der Waals surface area contributed by atoms with Gasteiger partial charge in [0.2, 0.25) is 0 Å². The second kappa shape index (κ2) is 6.99. The fourth-order valence-corrected chi connectivity index (χ4v) is 1.68. The summed E-state index contributed by atoms with van der Waals surface area (Å²) in [5.41, 5.74) is 7.27. The molecule has 0 aliphatic heterocycles. The van der Waals surface area contributed by atoms with Crippen LogP contribution >= 0.6 is 24.0 Å². The Kier molecular flexibility index (Phi) is 6.75. The van der Waals surface area contributed by atoms with Crippen LogP contribution in [0.15, 0.2) is 12.1 Å². The average molecular weight is 286 g/mol. The second-order valence-electron chi connectivity index (χ2n) is 3.64. The lowest BCUT2D eigenvalue weighted by Gasteiger charge is -2.14. The Morgan fingerprint density at radius 2 is 2.00 bits per heavy atom. The molecular formula is C11H15Cl2F2NO. The van der Waals surface area contributed by atoms with Crippen molar-refractivity contribution in [1.82, 2.24) is 0 Å². The van der Waals surface area contributed by atoms with Crippen LogP contribution in [-0.2, 0) is 0 Å². The van der Waals surface area contributed by atoms with E-state index < -0.39 is 13.0 Å². The Labute approximate surface area is 110 Å². The van der Waals surface area contributed by atoms with E-state index in [9.17, 15) is 8.78 Å². The SMILES string of the molecule is Cc1cc(C(C)N)cc(Cl)c1OCC(F)F.Cl. The van der Waals surface area contributed by atoms with Crippen LogP contribution < -0.4 is 10.5 Å². The van der Waals surface area contributed by atoms with E-state index >= 15 is 0 Å². The maximum absolute atomic E-state index is 12.0. The molecule has 1 atom stereocenters. The summed E-state index contributed by atoms with van der Waals surface area (Å²) in [6.45, 7) is 2.92. The predicted octanol–water partition coefficient (Wildman–Crippen LogP) is 3.73. The third-order valence-electron chi connectivity index (χ3n) is 2.13. The van der Waals surface area contributed by atoms with Crippen molar-refractivity contribution in [2.45, 2.75) is 26.3 Å². The third-order valence-corrected chi connectivity index (χ3v) is 2.41. The first-order valence-electron chi connectivity index (χ1n) is 4.88. The molecule has 2 N–H and O–H groups in total. The van der Waals surface area contributed by atoms with Crippen LogP contribution in [0.25, 0.3) is 0 Å². The summed E-state index contributed by atoms with van der Waals surface area (Å²) in [6, 6.07) is 3.28. The number of hydrogen-bond donors (Lipinski definition) is 1. The molecule has 1 unspecified atom stereocenters. The Hall–Kier alpha value is -0.580. The Bertz CT molecular complexity index is 349. The van der Waals surface area contributed by atoms with Gasteiger partial charge in [0, 0.05) is 6.04 Å². The molecule has 0 fully saturated rings. The molecule has 0 aromatic heterocycles. The molecule has 1 aromatic rings. The highest BCUT2D eigenvalue weighted by atomic mass is 35.5. The minimum atomic E-state index is -2.51. The number of nitrogens with two attached hydrogens (primary N) is 1. The minimum Gasteiger partial charge on any atom is -0.486 e. The number of ether oxygens (including phenoxy) is 1. The summed E-state index contributed by atoms with van der Waals surface area (Å²) in [4.78, 5) is 0. The van der Waals surface area contributed by atoms with Gasteiger partial charge in [-0.25, -0.2) is 8.78 Å². The maximum Gasteiger partial charge on any atom is 0.272 e. The molecule has 6 heteroatoms. The van der Waals surface area contributed by atoms with Crippen molar-refractivity contribution in [3.63, 3.8) is 0 Å². The van der Waals surface area contributed by atoms with E-state index in [1.165, 1.54) is 0 Å². The zero-order chi connectivity index (χ0) is 12.3. The van der Waals surface area contributed by atoms with Gasteiger partial charge in [-0.2, -0.15) is 0 Å². The van der Waals surface area contributed by atoms with Crippen molar-refractivity contribution in [2.24, 2.45) is 5.73 Å². The van der Waals surface area contributed by atoms with Gasteiger partial charge < -0.3 is 10.5 Å². The molecule has 0 spiro atoms. The van der Waals surface area contributed by atoms with E-state index in [1.807, 2.05) is 6.92 Å². The molecule has 0 saturated heterocycles. The molecule has 0 bridgehead atoms. The summed E-state index contributed by atoms with van der Waals surface area (Å²) in [7, 11) is 0. The summed E-state index contributed by atoms with van der Waals surface area (Å²) in [5.74, 6) is 0.298. The van der Waals surface area contributed by atoms with E-state index in [0.717, 1.165) is 5.56 Å². The minimum absolute atomic E-state index is 0. The standard InChI is InChI=1S/C11H14ClF2NO.ClH/c1-6-3-8(7(2)15)4-9(12)11(6)16-5-10(13)14;/h3-4,7,10H,5,15H2,1-2H3;1H. The molecule has 0 radical (unpaired) electrons. The van der Waals surface area contributed by atoms with Crippen molar-refractivity contribution in [3.05, 3.63) is 28.3 Å². The number of alkyl halides is 2. The average Bonchev–Trinajstić information content (AvgIpc) is 2.15. The van der Waals surface area contributed by atoms with Gasteiger partial charge in [0.1, 0.15) is 12.4 Å². The quantitative estimate of drug-likeness (QED) is 0.915. The molecule has 0 amide bonds. The van der Waals surface area contributed by atoms with Gasteiger partial charge in [0.25, 0.3) is 6.43 Å². The van der Waals surface area contributed by atoms with Gasteiger partial charge in [-0.3, -0.25) is 0 Å². The zero-order valence-corrected chi connectivity index (χ0v) is 11.1. The molecule has 1 aromatic carbocycles. The second-order valence-corrected chi connectivity index (χ2v) is 4.05. The summed E-state index contributed by atoms with van der Waals surface area (Å²) < 4.78 is 28.9. The van der Waals surface area contributed by atoms with E-state index in [0.29, 0.717) is 16.3 Å². The molecule has 0 aliphatic carbocycles. The van der Waals surface area contributed by atoms with Gasteiger partial charge in [0.15, 0.2) is 0 Å². The molecule has 17 heavy (non-hydrogen) atoms. The van der Waals surface area contributed by atoms with E-state index in [1.54, 1.807) is 19.1 Å². The fourth-order valence-electron chi connectivity index (χ4n) is 1.35. The highest BCUT2D eigenvalue weighted by Gasteiger charge is 2.12. The highest BCUT2D eigenvalue weighted by molar-refractivity contribution is 6.32. The molecule has 98 valence electrons. The van der Waals surface area contributed by atoms with Gasteiger partial charge in [-0.05, 0) is 31.0 Å². The van der Waals surface area contributed by atoms with Crippen molar-refractivity contribution in [2.75, 3.05) is 6.61 Å². The number of rotatable bonds is 4. The van der Waals surface area contributed by atoms with Gasteiger partial charge in [0.05, 0.1) is 5.02 Å². The summed E-state index contributed by atoms with van der Waals surface area (Å²) in [5, 5.41) is 0.313. The predicted molar refractivity (Wildman–Crippen MR) is 67.5 cm³/mol. The lowest BCUT2D eigenvalue weighted by Crippen LogP contribution is -2.10. The first kappa shape index (κ1) is 16.4. The topological polar surface area (TPSA) is 35.2 Å². The first-order valence-corrected chi connectivity index (χ1v) is 5.26. The first-order chi connectivity index (χ1) is 7.41. The van der Waals surface area contributed by atoms with Crippen LogP contribution in [0.2, 0.25) is 5.02 Å². The Morgan fingerprint density at radius 1 is 1.41 bits per heavy atom. The molecule has 2 nitrogen and oxygen atoms in total. The van der Waals surface area contributed by atoms with Crippen LogP contribution in [-0.4, -0.2) is 13.0 Å². The largest absolute Gasteiger partial charge is 0.486 e. The molecule has 0 saturated carbocycles. The number of halogens is 4. The molecule has 1 rings (SSSR count). The van der Waals surface area contributed by atoms with Gasteiger partial charge in [-0.1, -0.05) is 17.7 Å². The van der Waals surface area contributed by atoms with Crippen molar-refractivity contribution in [1.29, 1.82) is 0 Å². The lowest BCUT2D eigenvalue weighted by molar-refractivity contribution is 0.0816. The van der Waals surface area contributed by atoms with Crippen LogP contribution in [0.3, 0.4) is 0 Å². The summed E-state index contributed by atoms with van der Waals surface area (Å²) in [6.07, 6.45) is -2.51. The van der Waals surface area contributed by atoms with Crippen LogP contribution in [0, 0.1) is 6.92 Å². The Balaban J connectivity index is 0.00000256. The van der Waals surface area contributed by atoms with E-state index in [2.05, 4.69) is 0 Å². The molecular weight excluding hydrogens is 271 g/mol. The van der Waals surface area contributed by atoms with Gasteiger partial charge in [-0.15, -0.1) is 12.4 Å². The number of hydrogen-bond acceptors (Lipinski definition) is 2. The Morgan fingerprint density at radius 3 is 2.41 bits per heavy atom. The smallest absolute Gasteiger partial charge is 0.272 e. The fraction of sp³-hybridized carbons (Fsp3) is 0.455. The van der Waals surface area contributed by atoms with E-state index in [4.69, 9.17) is 22.1 Å². The molecule has 0 aliphatic rings. The van der Waals surface area contributed by atoms with Crippen molar-refractivity contribution < 1.29 is 13.5 Å². The summed E-state index contributed by atoms with van der Waals surface area (Å²) >= 11 is 5.94. The van der Waals surface area contributed by atoms with Crippen LogP contribution in [0.5, 0.6) is 5.75 Å². The zero-order valence-electron chi connectivity index (χ0n) is 9.54. The van der Waals surface area contributed by atoms with Crippen molar-refractivity contribution in [3.8, 4) is 5.75 Å². The van der Waals surface area contributed by atoms with E-state index in [-0.39, 0.29) is 18.4 Å². The number of benzene rings is 1.